The van der Waals surface area contributed by atoms with Crippen LogP contribution >= 0.6 is 12.4 Å². The monoisotopic (exact) mass is 209 g/mol. The summed E-state index contributed by atoms with van der Waals surface area (Å²) in [5.41, 5.74) is 6.12. The molecule has 0 amide bonds. The minimum absolute atomic E-state index is 0. The summed E-state index contributed by atoms with van der Waals surface area (Å²) in [4.78, 5) is 6.92. The summed E-state index contributed by atoms with van der Waals surface area (Å²) in [7, 11) is 0. The van der Waals surface area contributed by atoms with Crippen LogP contribution in [0.15, 0.2) is 12.4 Å². The molecule has 1 aromatic rings. The molecule has 0 fully saturated rings. The predicted octanol–water partition coefficient (Wildman–Crippen LogP) is 1.86. The van der Waals surface area contributed by atoms with Crippen LogP contribution in [0.3, 0.4) is 0 Å². The summed E-state index contributed by atoms with van der Waals surface area (Å²) in [5.74, 6) is -0.459. The van der Waals surface area contributed by atoms with Crippen LogP contribution in [-0.4, -0.2) is 9.97 Å². The fraction of sp³-hybridized carbons (Fsp3) is 0.429. The van der Waals surface area contributed by atoms with Crippen LogP contribution in [0.25, 0.3) is 0 Å². The SMILES string of the molecule is C[C@@H](N)c1cnc(C(F)F)nc1.Cl. The molecule has 6 heteroatoms. The molecule has 3 nitrogen and oxygen atoms in total. The van der Waals surface area contributed by atoms with Crippen molar-refractivity contribution in [1.82, 2.24) is 9.97 Å². The van der Waals surface area contributed by atoms with Crippen molar-refractivity contribution in [2.45, 2.75) is 19.4 Å². The van der Waals surface area contributed by atoms with Gasteiger partial charge in [-0.25, -0.2) is 18.7 Å². The van der Waals surface area contributed by atoms with E-state index in [0.717, 1.165) is 0 Å². The standard InChI is InChI=1S/C7H9F2N3.ClH/c1-4(10)5-2-11-7(6(8)9)12-3-5;/h2-4,6H,10H2,1H3;1H/t4-;/m1./s1. The first-order valence-corrected chi connectivity index (χ1v) is 3.47. The maximum atomic E-state index is 11.9. The molecule has 0 aliphatic rings. The van der Waals surface area contributed by atoms with E-state index in [1.807, 2.05) is 0 Å². The zero-order chi connectivity index (χ0) is 9.14. The number of nitrogens with zero attached hydrogens (tertiary/aromatic N) is 2. The topological polar surface area (TPSA) is 51.8 Å². The van der Waals surface area contributed by atoms with E-state index in [0.29, 0.717) is 5.56 Å². The summed E-state index contributed by atoms with van der Waals surface area (Å²) in [6.07, 6.45) is 0.0188. The van der Waals surface area contributed by atoms with Gasteiger partial charge in [0.1, 0.15) is 0 Å². The van der Waals surface area contributed by atoms with E-state index in [-0.39, 0.29) is 18.4 Å². The Morgan fingerprint density at radius 3 is 2.08 bits per heavy atom. The molecule has 1 heterocycles. The second-order valence-electron chi connectivity index (χ2n) is 2.46. The molecule has 0 saturated carbocycles. The second-order valence-corrected chi connectivity index (χ2v) is 2.46. The molecule has 74 valence electrons. The van der Waals surface area contributed by atoms with Crippen molar-refractivity contribution in [1.29, 1.82) is 0 Å². The van der Waals surface area contributed by atoms with Gasteiger partial charge in [-0.1, -0.05) is 0 Å². The second kappa shape index (κ2) is 5.04. The number of halogens is 3. The van der Waals surface area contributed by atoms with Gasteiger partial charge in [-0.15, -0.1) is 12.4 Å². The van der Waals surface area contributed by atoms with Gasteiger partial charge in [0.25, 0.3) is 6.43 Å². The van der Waals surface area contributed by atoms with E-state index < -0.39 is 12.2 Å². The summed E-state index contributed by atoms with van der Waals surface area (Å²) < 4.78 is 23.9. The highest BCUT2D eigenvalue weighted by Gasteiger charge is 2.10. The first-order chi connectivity index (χ1) is 5.61. The van der Waals surface area contributed by atoms with Crippen LogP contribution in [0.1, 0.15) is 30.8 Å². The lowest BCUT2D eigenvalue weighted by Crippen LogP contribution is -2.07. The third-order valence-electron chi connectivity index (χ3n) is 1.41. The predicted molar refractivity (Wildman–Crippen MR) is 46.8 cm³/mol. The van der Waals surface area contributed by atoms with Gasteiger partial charge in [0, 0.05) is 24.0 Å². The molecule has 0 saturated heterocycles. The number of nitrogens with two attached hydrogens (primary N) is 1. The van der Waals surface area contributed by atoms with Crippen LogP contribution in [0.4, 0.5) is 8.78 Å². The van der Waals surface area contributed by atoms with Gasteiger partial charge in [-0.3, -0.25) is 0 Å². The van der Waals surface area contributed by atoms with Crippen molar-refractivity contribution in [3.63, 3.8) is 0 Å². The Hall–Kier alpha value is -0.810. The fourth-order valence-corrected chi connectivity index (χ4v) is 0.696. The van der Waals surface area contributed by atoms with E-state index in [1.54, 1.807) is 6.92 Å². The Bertz CT molecular complexity index is 223. The van der Waals surface area contributed by atoms with Crippen molar-refractivity contribution in [2.24, 2.45) is 5.73 Å². The number of alkyl halides is 2. The molecule has 0 aliphatic carbocycles. The highest BCUT2D eigenvalue weighted by Crippen LogP contribution is 2.14. The zero-order valence-corrected chi connectivity index (χ0v) is 7.76. The fourth-order valence-electron chi connectivity index (χ4n) is 0.696. The maximum absolute atomic E-state index is 11.9. The molecule has 13 heavy (non-hydrogen) atoms. The van der Waals surface area contributed by atoms with Gasteiger partial charge >= 0.3 is 0 Å². The average molecular weight is 210 g/mol. The number of hydrogen-bond acceptors (Lipinski definition) is 3. The molecule has 0 bridgehead atoms. The van der Waals surface area contributed by atoms with Crippen molar-refractivity contribution in [3.05, 3.63) is 23.8 Å². The third kappa shape index (κ3) is 3.20. The van der Waals surface area contributed by atoms with Crippen LogP contribution in [-0.2, 0) is 0 Å². The van der Waals surface area contributed by atoms with Gasteiger partial charge in [-0.05, 0) is 6.92 Å². The molecule has 1 rings (SSSR count). The molecular formula is C7H10ClF2N3. The normalized spacial score (nSPS) is 12.4. The molecule has 1 aromatic heterocycles. The molecule has 0 aliphatic heterocycles. The van der Waals surface area contributed by atoms with Crippen LogP contribution in [0.2, 0.25) is 0 Å². The van der Waals surface area contributed by atoms with Gasteiger partial charge < -0.3 is 5.73 Å². The third-order valence-corrected chi connectivity index (χ3v) is 1.41. The van der Waals surface area contributed by atoms with Gasteiger partial charge in [-0.2, -0.15) is 0 Å². The molecule has 0 unspecified atom stereocenters. The van der Waals surface area contributed by atoms with Gasteiger partial charge in [0.05, 0.1) is 0 Å². The first kappa shape index (κ1) is 12.2. The first-order valence-electron chi connectivity index (χ1n) is 3.47. The summed E-state index contributed by atoms with van der Waals surface area (Å²) in [5, 5.41) is 0. The summed E-state index contributed by atoms with van der Waals surface area (Å²) >= 11 is 0. The van der Waals surface area contributed by atoms with Crippen molar-refractivity contribution in [3.8, 4) is 0 Å². The Labute approximate surface area is 80.8 Å². The molecule has 2 N–H and O–H groups in total. The minimum atomic E-state index is -2.62. The summed E-state index contributed by atoms with van der Waals surface area (Å²) in [6, 6.07) is -0.225. The van der Waals surface area contributed by atoms with E-state index in [1.165, 1.54) is 12.4 Å². The number of aromatic nitrogens is 2. The minimum Gasteiger partial charge on any atom is -0.324 e. The Morgan fingerprint density at radius 1 is 1.31 bits per heavy atom. The average Bonchev–Trinajstić information content (AvgIpc) is 2.04. The summed E-state index contributed by atoms with van der Waals surface area (Å²) in [6.45, 7) is 1.74. The molecule has 1 atom stereocenters. The van der Waals surface area contributed by atoms with E-state index in [4.69, 9.17) is 5.73 Å². The quantitative estimate of drug-likeness (QED) is 0.809. The van der Waals surface area contributed by atoms with Gasteiger partial charge in [0.15, 0.2) is 5.82 Å². The van der Waals surface area contributed by atoms with E-state index >= 15 is 0 Å². The lowest BCUT2D eigenvalue weighted by molar-refractivity contribution is 0.140. The van der Waals surface area contributed by atoms with Crippen LogP contribution < -0.4 is 5.73 Å². The lowest BCUT2D eigenvalue weighted by atomic mass is 10.2. The molecular weight excluding hydrogens is 200 g/mol. The van der Waals surface area contributed by atoms with Crippen molar-refractivity contribution in [2.75, 3.05) is 0 Å². The zero-order valence-electron chi connectivity index (χ0n) is 6.95. The Morgan fingerprint density at radius 2 is 1.77 bits per heavy atom. The smallest absolute Gasteiger partial charge is 0.297 e. The van der Waals surface area contributed by atoms with E-state index in [2.05, 4.69) is 9.97 Å². The number of hydrogen-bond donors (Lipinski definition) is 1. The highest BCUT2D eigenvalue weighted by atomic mass is 35.5. The van der Waals surface area contributed by atoms with Crippen LogP contribution in [0.5, 0.6) is 0 Å². The Kier molecular flexibility index (Phi) is 4.72. The van der Waals surface area contributed by atoms with Crippen molar-refractivity contribution < 1.29 is 8.78 Å². The maximum Gasteiger partial charge on any atom is 0.297 e. The molecule has 0 aromatic carbocycles. The van der Waals surface area contributed by atoms with Crippen molar-refractivity contribution >= 4 is 12.4 Å². The number of rotatable bonds is 2. The highest BCUT2D eigenvalue weighted by molar-refractivity contribution is 5.85. The van der Waals surface area contributed by atoms with Gasteiger partial charge in [0.2, 0.25) is 0 Å². The van der Waals surface area contributed by atoms with E-state index in [9.17, 15) is 8.78 Å². The Balaban J connectivity index is 0.00000144. The molecule has 0 radical (unpaired) electrons. The largest absolute Gasteiger partial charge is 0.324 e. The lowest BCUT2D eigenvalue weighted by Gasteiger charge is -2.04. The van der Waals surface area contributed by atoms with Crippen LogP contribution in [0, 0.1) is 0 Å². The molecule has 0 spiro atoms.